The SMILES string of the molecule is CN1CCN(c2n[nH]c(N)c2Cl)CC1. The molecule has 78 valence electrons. The molecular weight excluding hydrogens is 202 g/mol. The Morgan fingerprint density at radius 1 is 1.36 bits per heavy atom. The fraction of sp³-hybridized carbons (Fsp3) is 0.625. The smallest absolute Gasteiger partial charge is 0.171 e. The number of H-pyrrole nitrogens is 1. The van der Waals surface area contributed by atoms with Crippen LogP contribution in [0.15, 0.2) is 0 Å². The van der Waals surface area contributed by atoms with Crippen LogP contribution in [-0.2, 0) is 0 Å². The van der Waals surface area contributed by atoms with Gasteiger partial charge >= 0.3 is 0 Å². The van der Waals surface area contributed by atoms with E-state index in [9.17, 15) is 0 Å². The van der Waals surface area contributed by atoms with E-state index in [-0.39, 0.29) is 0 Å². The first kappa shape index (κ1) is 9.61. The maximum atomic E-state index is 6.00. The average molecular weight is 216 g/mol. The van der Waals surface area contributed by atoms with Gasteiger partial charge in [0.1, 0.15) is 10.8 Å². The Labute approximate surface area is 87.8 Å². The third-order valence-electron chi connectivity index (χ3n) is 2.52. The molecular formula is C8H14ClN5. The van der Waals surface area contributed by atoms with Gasteiger partial charge < -0.3 is 15.5 Å². The predicted octanol–water partition coefficient (Wildman–Crippen LogP) is 0.397. The standard InChI is InChI=1S/C8H14ClN5/c1-13-2-4-14(5-3-13)8-6(9)7(10)11-12-8/h2-5H2,1H3,(H3,10,11,12). The van der Waals surface area contributed by atoms with Crippen molar-refractivity contribution < 1.29 is 0 Å². The summed E-state index contributed by atoms with van der Waals surface area (Å²) in [6.45, 7) is 3.95. The minimum atomic E-state index is 0.445. The van der Waals surface area contributed by atoms with Crippen LogP contribution in [0.2, 0.25) is 5.02 Å². The van der Waals surface area contributed by atoms with Crippen LogP contribution in [0.1, 0.15) is 0 Å². The molecule has 0 saturated carbocycles. The van der Waals surface area contributed by atoms with Crippen molar-refractivity contribution in [1.29, 1.82) is 0 Å². The molecule has 2 rings (SSSR count). The molecule has 0 unspecified atom stereocenters. The zero-order chi connectivity index (χ0) is 10.1. The number of rotatable bonds is 1. The molecule has 14 heavy (non-hydrogen) atoms. The second-order valence-corrected chi connectivity index (χ2v) is 3.94. The van der Waals surface area contributed by atoms with Crippen LogP contribution < -0.4 is 10.6 Å². The summed E-state index contributed by atoms with van der Waals surface area (Å²) in [7, 11) is 2.11. The quantitative estimate of drug-likeness (QED) is 0.712. The molecule has 0 bridgehead atoms. The van der Waals surface area contributed by atoms with Crippen molar-refractivity contribution in [3.8, 4) is 0 Å². The largest absolute Gasteiger partial charge is 0.383 e. The topological polar surface area (TPSA) is 61.2 Å². The number of nitrogen functional groups attached to an aromatic ring is 1. The van der Waals surface area contributed by atoms with Gasteiger partial charge in [0.2, 0.25) is 0 Å². The molecule has 1 aliphatic rings. The van der Waals surface area contributed by atoms with Crippen molar-refractivity contribution in [2.75, 3.05) is 43.9 Å². The molecule has 2 heterocycles. The number of likely N-dealkylation sites (N-methyl/N-ethyl adjacent to an activating group) is 1. The van der Waals surface area contributed by atoms with Crippen molar-refractivity contribution >= 4 is 23.2 Å². The molecule has 1 aromatic heterocycles. The molecule has 0 atom stereocenters. The summed E-state index contributed by atoms with van der Waals surface area (Å²) in [6.07, 6.45) is 0. The Kier molecular flexibility index (Phi) is 2.52. The van der Waals surface area contributed by atoms with Gasteiger partial charge in [0.25, 0.3) is 0 Å². The molecule has 1 aliphatic heterocycles. The molecule has 1 saturated heterocycles. The number of anilines is 2. The molecule has 6 heteroatoms. The summed E-state index contributed by atoms with van der Waals surface area (Å²) >= 11 is 6.00. The highest BCUT2D eigenvalue weighted by Crippen LogP contribution is 2.28. The monoisotopic (exact) mass is 215 g/mol. The Balaban J connectivity index is 2.12. The zero-order valence-corrected chi connectivity index (χ0v) is 8.88. The van der Waals surface area contributed by atoms with Crippen molar-refractivity contribution in [3.05, 3.63) is 5.02 Å². The number of nitrogens with one attached hydrogen (secondary N) is 1. The lowest BCUT2D eigenvalue weighted by Crippen LogP contribution is -2.44. The van der Waals surface area contributed by atoms with Gasteiger partial charge in [0, 0.05) is 26.2 Å². The highest BCUT2D eigenvalue weighted by Gasteiger charge is 2.19. The molecule has 1 fully saturated rings. The van der Waals surface area contributed by atoms with Gasteiger partial charge in [0.05, 0.1) is 0 Å². The normalized spacial score (nSPS) is 18.9. The second kappa shape index (κ2) is 3.67. The van der Waals surface area contributed by atoms with E-state index < -0.39 is 0 Å². The third kappa shape index (κ3) is 1.65. The summed E-state index contributed by atoms with van der Waals surface area (Å²) in [5.41, 5.74) is 5.59. The van der Waals surface area contributed by atoms with Gasteiger partial charge in [-0.3, -0.25) is 5.10 Å². The van der Waals surface area contributed by atoms with Gasteiger partial charge in [-0.15, -0.1) is 0 Å². The first-order chi connectivity index (χ1) is 6.68. The van der Waals surface area contributed by atoms with E-state index in [1.807, 2.05) is 0 Å². The lowest BCUT2D eigenvalue weighted by Gasteiger charge is -2.32. The van der Waals surface area contributed by atoms with Gasteiger partial charge in [-0.2, -0.15) is 5.10 Å². The lowest BCUT2D eigenvalue weighted by molar-refractivity contribution is 0.312. The Morgan fingerprint density at radius 3 is 2.50 bits per heavy atom. The van der Waals surface area contributed by atoms with Crippen LogP contribution in [0.4, 0.5) is 11.6 Å². The van der Waals surface area contributed by atoms with Crippen molar-refractivity contribution in [1.82, 2.24) is 15.1 Å². The number of nitrogens with zero attached hydrogens (tertiary/aromatic N) is 3. The summed E-state index contributed by atoms with van der Waals surface area (Å²) in [6, 6.07) is 0. The molecule has 1 aromatic rings. The van der Waals surface area contributed by atoms with Crippen molar-refractivity contribution in [2.45, 2.75) is 0 Å². The maximum absolute atomic E-state index is 6.00. The average Bonchev–Trinajstić information content (AvgIpc) is 2.50. The molecule has 0 radical (unpaired) electrons. The highest BCUT2D eigenvalue weighted by molar-refractivity contribution is 6.35. The molecule has 3 N–H and O–H groups in total. The first-order valence-electron chi connectivity index (χ1n) is 4.61. The molecule has 5 nitrogen and oxygen atoms in total. The van der Waals surface area contributed by atoms with Crippen molar-refractivity contribution in [2.24, 2.45) is 0 Å². The Morgan fingerprint density at radius 2 is 2.00 bits per heavy atom. The highest BCUT2D eigenvalue weighted by atomic mass is 35.5. The number of hydrogen-bond acceptors (Lipinski definition) is 4. The Bertz CT molecular complexity index is 316. The summed E-state index contributed by atoms with van der Waals surface area (Å²) < 4.78 is 0. The molecule has 0 amide bonds. The Hall–Kier alpha value is -0.940. The number of piperazine rings is 1. The van der Waals surface area contributed by atoms with E-state index in [0.29, 0.717) is 10.8 Å². The van der Waals surface area contributed by atoms with Crippen LogP contribution in [0.25, 0.3) is 0 Å². The minimum absolute atomic E-state index is 0.445. The zero-order valence-electron chi connectivity index (χ0n) is 8.13. The lowest BCUT2D eigenvalue weighted by atomic mass is 10.3. The van der Waals surface area contributed by atoms with E-state index >= 15 is 0 Å². The number of nitrogens with two attached hydrogens (primary N) is 1. The fourth-order valence-corrected chi connectivity index (χ4v) is 1.76. The second-order valence-electron chi connectivity index (χ2n) is 3.57. The van der Waals surface area contributed by atoms with Crippen molar-refractivity contribution in [3.63, 3.8) is 0 Å². The van der Waals surface area contributed by atoms with Gasteiger partial charge in [0.15, 0.2) is 5.82 Å². The van der Waals surface area contributed by atoms with E-state index in [4.69, 9.17) is 17.3 Å². The van der Waals surface area contributed by atoms with Crippen LogP contribution in [0.3, 0.4) is 0 Å². The number of aromatic amines is 1. The molecule has 0 aliphatic carbocycles. The predicted molar refractivity (Wildman–Crippen MR) is 57.7 cm³/mol. The van der Waals surface area contributed by atoms with E-state index in [1.165, 1.54) is 0 Å². The van der Waals surface area contributed by atoms with E-state index in [0.717, 1.165) is 32.0 Å². The summed E-state index contributed by atoms with van der Waals surface area (Å²) in [5.74, 6) is 1.22. The molecule has 0 spiro atoms. The van der Waals surface area contributed by atoms with Crippen LogP contribution in [-0.4, -0.2) is 48.3 Å². The number of hydrogen-bond donors (Lipinski definition) is 2. The van der Waals surface area contributed by atoms with Gasteiger partial charge in [-0.05, 0) is 7.05 Å². The van der Waals surface area contributed by atoms with Crippen LogP contribution in [0.5, 0.6) is 0 Å². The third-order valence-corrected chi connectivity index (χ3v) is 2.89. The van der Waals surface area contributed by atoms with E-state index in [2.05, 4.69) is 27.0 Å². The van der Waals surface area contributed by atoms with Crippen LogP contribution in [0, 0.1) is 0 Å². The molecule has 0 aromatic carbocycles. The summed E-state index contributed by atoms with van der Waals surface area (Å²) in [4.78, 5) is 4.43. The number of aromatic nitrogens is 2. The number of halogens is 1. The summed E-state index contributed by atoms with van der Waals surface area (Å²) in [5, 5.41) is 7.31. The fourth-order valence-electron chi connectivity index (χ4n) is 1.56. The first-order valence-corrected chi connectivity index (χ1v) is 4.99. The minimum Gasteiger partial charge on any atom is -0.383 e. The van der Waals surface area contributed by atoms with Gasteiger partial charge in [-0.25, -0.2) is 0 Å². The van der Waals surface area contributed by atoms with E-state index in [1.54, 1.807) is 0 Å². The van der Waals surface area contributed by atoms with Gasteiger partial charge in [-0.1, -0.05) is 11.6 Å². The van der Waals surface area contributed by atoms with Crippen LogP contribution >= 0.6 is 11.6 Å². The maximum Gasteiger partial charge on any atom is 0.171 e.